The average Bonchev–Trinajstić information content (AvgIpc) is 2.66. The Morgan fingerprint density at radius 3 is 2.65 bits per heavy atom. The van der Waals surface area contributed by atoms with Gasteiger partial charge in [0.1, 0.15) is 0 Å². The molecule has 0 amide bonds. The number of ether oxygens (including phenoxy) is 2. The van der Waals surface area contributed by atoms with Gasteiger partial charge in [0.05, 0.1) is 14.2 Å². The van der Waals surface area contributed by atoms with Crippen molar-refractivity contribution in [3.05, 3.63) is 29.8 Å². The highest BCUT2D eigenvalue weighted by Crippen LogP contribution is 2.38. The van der Waals surface area contributed by atoms with Crippen molar-refractivity contribution in [3.8, 4) is 11.5 Å². The van der Waals surface area contributed by atoms with E-state index in [1.54, 1.807) is 14.2 Å². The molecule has 17 heavy (non-hydrogen) atoms. The average molecular weight is 232 g/mol. The lowest BCUT2D eigenvalue weighted by molar-refractivity contribution is 0.354. The van der Waals surface area contributed by atoms with E-state index >= 15 is 0 Å². The minimum absolute atomic E-state index is 0.815. The SMILES string of the molecule is COc1cccc(C2=CCCCCC2)c1OC. The zero-order valence-corrected chi connectivity index (χ0v) is 10.7. The zero-order chi connectivity index (χ0) is 12.1. The first kappa shape index (κ1) is 12.0. The van der Waals surface area contributed by atoms with Gasteiger partial charge in [0.25, 0.3) is 0 Å². The summed E-state index contributed by atoms with van der Waals surface area (Å²) < 4.78 is 10.8. The van der Waals surface area contributed by atoms with Crippen LogP contribution in [0.25, 0.3) is 5.57 Å². The van der Waals surface area contributed by atoms with Crippen LogP contribution < -0.4 is 9.47 Å². The first-order valence-electron chi connectivity index (χ1n) is 6.27. The van der Waals surface area contributed by atoms with Crippen LogP contribution in [0.3, 0.4) is 0 Å². The summed E-state index contributed by atoms with van der Waals surface area (Å²) in [6.45, 7) is 0. The molecule has 0 saturated heterocycles. The lowest BCUT2D eigenvalue weighted by atomic mass is 10.00. The highest BCUT2D eigenvalue weighted by atomic mass is 16.5. The van der Waals surface area contributed by atoms with Gasteiger partial charge in [-0.3, -0.25) is 0 Å². The molecule has 0 aliphatic heterocycles. The van der Waals surface area contributed by atoms with Gasteiger partial charge in [0, 0.05) is 5.56 Å². The van der Waals surface area contributed by atoms with E-state index in [2.05, 4.69) is 12.1 Å². The molecular formula is C15H20O2. The molecule has 0 saturated carbocycles. The molecule has 1 aliphatic rings. The summed E-state index contributed by atoms with van der Waals surface area (Å²) >= 11 is 0. The predicted molar refractivity (Wildman–Crippen MR) is 70.6 cm³/mol. The van der Waals surface area contributed by atoms with Gasteiger partial charge < -0.3 is 9.47 Å². The number of hydrogen-bond acceptors (Lipinski definition) is 2. The smallest absolute Gasteiger partial charge is 0.168 e. The number of benzene rings is 1. The predicted octanol–water partition coefficient (Wildman–Crippen LogP) is 4.05. The van der Waals surface area contributed by atoms with Gasteiger partial charge in [-0.15, -0.1) is 0 Å². The van der Waals surface area contributed by atoms with Gasteiger partial charge in [-0.1, -0.05) is 24.6 Å². The first-order valence-corrected chi connectivity index (χ1v) is 6.27. The Morgan fingerprint density at radius 2 is 1.88 bits per heavy atom. The van der Waals surface area contributed by atoms with E-state index in [0.717, 1.165) is 17.9 Å². The molecule has 1 aliphatic carbocycles. The molecule has 0 heterocycles. The summed E-state index contributed by atoms with van der Waals surface area (Å²) in [7, 11) is 3.39. The molecular weight excluding hydrogens is 212 g/mol. The molecule has 0 N–H and O–H groups in total. The standard InChI is InChI=1S/C15H20O2/c1-16-14-11-7-10-13(15(14)17-2)12-8-5-3-4-6-9-12/h7-8,10-11H,3-6,9H2,1-2H3. The number of methoxy groups -OCH3 is 2. The Bertz CT molecular complexity index is 407. The number of para-hydroxylation sites is 1. The monoisotopic (exact) mass is 232 g/mol. The normalized spacial score (nSPS) is 16.0. The third-order valence-electron chi connectivity index (χ3n) is 3.29. The molecule has 0 radical (unpaired) electrons. The first-order chi connectivity index (χ1) is 8.36. The van der Waals surface area contributed by atoms with Crippen molar-refractivity contribution < 1.29 is 9.47 Å². The fourth-order valence-electron chi connectivity index (χ4n) is 2.40. The summed E-state index contributed by atoms with van der Waals surface area (Å²) in [4.78, 5) is 0. The number of rotatable bonds is 3. The van der Waals surface area contributed by atoms with Gasteiger partial charge >= 0.3 is 0 Å². The molecule has 2 heteroatoms. The van der Waals surface area contributed by atoms with Crippen LogP contribution in [-0.4, -0.2) is 14.2 Å². The second kappa shape index (κ2) is 5.76. The topological polar surface area (TPSA) is 18.5 Å². The van der Waals surface area contributed by atoms with E-state index in [4.69, 9.17) is 9.47 Å². The molecule has 0 fully saturated rings. The van der Waals surface area contributed by atoms with Crippen molar-refractivity contribution >= 4 is 5.57 Å². The van der Waals surface area contributed by atoms with Crippen LogP contribution in [-0.2, 0) is 0 Å². The Hall–Kier alpha value is -1.44. The summed E-state index contributed by atoms with van der Waals surface area (Å²) in [5, 5.41) is 0. The largest absolute Gasteiger partial charge is 0.493 e. The van der Waals surface area contributed by atoms with Crippen LogP contribution in [0, 0.1) is 0 Å². The fraction of sp³-hybridized carbons (Fsp3) is 0.467. The summed E-state index contributed by atoms with van der Waals surface area (Å²) in [6.07, 6.45) is 8.57. The van der Waals surface area contributed by atoms with E-state index in [1.165, 1.54) is 36.8 Å². The van der Waals surface area contributed by atoms with Gasteiger partial charge in [-0.25, -0.2) is 0 Å². The van der Waals surface area contributed by atoms with Crippen molar-refractivity contribution in [2.75, 3.05) is 14.2 Å². The quantitative estimate of drug-likeness (QED) is 0.782. The Balaban J connectivity index is 2.39. The second-order valence-corrected chi connectivity index (χ2v) is 4.37. The van der Waals surface area contributed by atoms with Crippen molar-refractivity contribution in [1.29, 1.82) is 0 Å². The molecule has 0 atom stereocenters. The highest BCUT2D eigenvalue weighted by Gasteiger charge is 2.14. The molecule has 2 rings (SSSR count). The molecule has 1 aromatic rings. The minimum Gasteiger partial charge on any atom is -0.493 e. The Labute approximate surface area is 103 Å². The third kappa shape index (κ3) is 2.63. The molecule has 0 spiro atoms. The van der Waals surface area contributed by atoms with Crippen molar-refractivity contribution in [1.82, 2.24) is 0 Å². The van der Waals surface area contributed by atoms with Gasteiger partial charge in [0.2, 0.25) is 0 Å². The fourth-order valence-corrected chi connectivity index (χ4v) is 2.40. The van der Waals surface area contributed by atoms with Crippen molar-refractivity contribution in [3.63, 3.8) is 0 Å². The summed E-state index contributed by atoms with van der Waals surface area (Å²) in [5.74, 6) is 1.68. The Morgan fingerprint density at radius 1 is 1.00 bits per heavy atom. The Kier molecular flexibility index (Phi) is 4.08. The van der Waals surface area contributed by atoms with E-state index in [9.17, 15) is 0 Å². The number of allylic oxidation sites excluding steroid dienone is 2. The maximum atomic E-state index is 5.50. The van der Waals surface area contributed by atoms with E-state index < -0.39 is 0 Å². The van der Waals surface area contributed by atoms with E-state index in [0.29, 0.717) is 0 Å². The lowest BCUT2D eigenvalue weighted by Gasteiger charge is -2.14. The van der Waals surface area contributed by atoms with Gasteiger partial charge in [-0.2, -0.15) is 0 Å². The van der Waals surface area contributed by atoms with Crippen LogP contribution in [0.15, 0.2) is 24.3 Å². The zero-order valence-electron chi connectivity index (χ0n) is 10.7. The lowest BCUT2D eigenvalue weighted by Crippen LogP contribution is -1.95. The molecule has 0 unspecified atom stereocenters. The van der Waals surface area contributed by atoms with Gasteiger partial charge in [0.15, 0.2) is 11.5 Å². The maximum Gasteiger partial charge on any atom is 0.168 e. The van der Waals surface area contributed by atoms with E-state index in [1.807, 2.05) is 12.1 Å². The van der Waals surface area contributed by atoms with Crippen LogP contribution in [0.1, 0.15) is 37.7 Å². The van der Waals surface area contributed by atoms with Gasteiger partial charge in [-0.05, 0) is 37.3 Å². The molecule has 2 nitrogen and oxygen atoms in total. The summed E-state index contributed by atoms with van der Waals surface area (Å²) in [5.41, 5.74) is 2.59. The van der Waals surface area contributed by atoms with Crippen LogP contribution in [0.5, 0.6) is 11.5 Å². The molecule has 0 bridgehead atoms. The van der Waals surface area contributed by atoms with Crippen LogP contribution in [0.2, 0.25) is 0 Å². The van der Waals surface area contributed by atoms with E-state index in [-0.39, 0.29) is 0 Å². The minimum atomic E-state index is 0.815. The van der Waals surface area contributed by atoms with Crippen LogP contribution in [0.4, 0.5) is 0 Å². The van der Waals surface area contributed by atoms with Crippen LogP contribution >= 0.6 is 0 Å². The van der Waals surface area contributed by atoms with Crippen molar-refractivity contribution in [2.45, 2.75) is 32.1 Å². The third-order valence-corrected chi connectivity index (χ3v) is 3.29. The van der Waals surface area contributed by atoms with Crippen molar-refractivity contribution in [2.24, 2.45) is 0 Å². The summed E-state index contributed by atoms with van der Waals surface area (Å²) in [6, 6.07) is 6.10. The molecule has 1 aromatic carbocycles. The molecule has 0 aromatic heterocycles. The highest BCUT2D eigenvalue weighted by molar-refractivity contribution is 5.73. The number of hydrogen-bond donors (Lipinski definition) is 0. The maximum absolute atomic E-state index is 5.50. The molecule has 92 valence electrons. The second-order valence-electron chi connectivity index (χ2n) is 4.37.